The van der Waals surface area contributed by atoms with Crippen molar-refractivity contribution in [1.82, 2.24) is 9.29 Å². The first-order valence-corrected chi connectivity index (χ1v) is 12.6. The second-order valence-electron chi connectivity index (χ2n) is 7.03. The van der Waals surface area contributed by atoms with E-state index in [2.05, 4.69) is 10.3 Å². The predicted octanol–water partition coefficient (Wildman–Crippen LogP) is 3.97. The zero-order valence-corrected chi connectivity index (χ0v) is 18.4. The molecule has 0 bridgehead atoms. The van der Waals surface area contributed by atoms with Gasteiger partial charge in [-0.1, -0.05) is 18.2 Å². The molecule has 1 N–H and O–H groups in total. The summed E-state index contributed by atoms with van der Waals surface area (Å²) in [5.74, 6) is -0.652. The molecule has 10 heteroatoms. The molecule has 0 atom stereocenters. The summed E-state index contributed by atoms with van der Waals surface area (Å²) in [5, 5.41) is 5.11. The number of sulfonamides is 1. The van der Waals surface area contributed by atoms with Crippen LogP contribution in [0.5, 0.6) is 0 Å². The zero-order chi connectivity index (χ0) is 21.1. The number of thiazole rings is 1. The Hall–Kier alpha value is -2.14. The average molecular weight is 466 g/mol. The van der Waals surface area contributed by atoms with Gasteiger partial charge < -0.3 is 5.32 Å². The number of carbonyl (C=O) groups is 1. The molecule has 3 heterocycles. The molecule has 1 saturated heterocycles. The van der Waals surface area contributed by atoms with Crippen LogP contribution in [0, 0.1) is 11.7 Å². The van der Waals surface area contributed by atoms with Gasteiger partial charge in [-0.25, -0.2) is 17.8 Å². The van der Waals surface area contributed by atoms with Crippen LogP contribution in [-0.2, 0) is 21.2 Å². The third kappa shape index (κ3) is 4.77. The number of hydrogen-bond donors (Lipinski definition) is 1. The Kier molecular flexibility index (Phi) is 6.28. The molecule has 0 radical (unpaired) electrons. The van der Waals surface area contributed by atoms with Crippen molar-refractivity contribution < 1.29 is 17.6 Å². The minimum atomic E-state index is -3.47. The van der Waals surface area contributed by atoms with Gasteiger partial charge in [0.05, 0.1) is 0 Å². The van der Waals surface area contributed by atoms with E-state index in [1.54, 1.807) is 35.8 Å². The van der Waals surface area contributed by atoms with Crippen molar-refractivity contribution in [1.29, 1.82) is 0 Å². The van der Waals surface area contributed by atoms with Crippen LogP contribution in [0.3, 0.4) is 0 Å². The van der Waals surface area contributed by atoms with Crippen molar-refractivity contribution in [2.24, 2.45) is 5.92 Å². The summed E-state index contributed by atoms with van der Waals surface area (Å²) in [6, 6.07) is 9.62. The molecule has 3 aromatic rings. The third-order valence-corrected chi connectivity index (χ3v) is 9.17. The summed E-state index contributed by atoms with van der Waals surface area (Å²) in [5.41, 5.74) is 0.970. The number of thiophene rings is 1. The Balaban J connectivity index is 1.31. The zero-order valence-electron chi connectivity index (χ0n) is 16.0. The maximum atomic E-state index is 13.0. The number of anilines is 1. The third-order valence-electron chi connectivity index (χ3n) is 4.99. The minimum Gasteiger partial charge on any atom is -0.302 e. The fourth-order valence-corrected chi connectivity index (χ4v) is 6.82. The number of piperidine rings is 1. The van der Waals surface area contributed by atoms with Gasteiger partial charge in [-0.2, -0.15) is 4.31 Å². The van der Waals surface area contributed by atoms with Crippen LogP contribution in [0.15, 0.2) is 52.2 Å². The number of nitrogens with zero attached hydrogens (tertiary/aromatic N) is 2. The normalized spacial score (nSPS) is 15.9. The largest absolute Gasteiger partial charge is 0.302 e. The molecule has 158 valence electrons. The first-order valence-electron chi connectivity index (χ1n) is 9.45. The van der Waals surface area contributed by atoms with E-state index in [0.717, 1.165) is 10.4 Å². The molecule has 0 aliphatic carbocycles. The molecular formula is C20H20FN3O3S3. The first kappa shape index (κ1) is 21.1. The lowest BCUT2D eigenvalue weighted by molar-refractivity contribution is -0.120. The maximum absolute atomic E-state index is 13.0. The quantitative estimate of drug-likeness (QED) is 0.597. The standard InChI is InChI=1S/C20H20FN3O3S3/c21-16-5-3-14(4-6-16)12-17-13-22-20(29-17)23-19(25)15-7-9-24(10-8-15)30(26,27)18-2-1-11-28-18/h1-6,11,13,15H,7-10,12H2,(H,22,23,25). The van der Waals surface area contributed by atoms with Crippen molar-refractivity contribution in [2.75, 3.05) is 18.4 Å². The van der Waals surface area contributed by atoms with E-state index in [0.29, 0.717) is 41.7 Å². The number of benzene rings is 1. The fraction of sp³-hybridized carbons (Fsp3) is 0.300. The molecule has 30 heavy (non-hydrogen) atoms. The molecule has 2 aromatic heterocycles. The van der Waals surface area contributed by atoms with E-state index in [9.17, 15) is 17.6 Å². The van der Waals surface area contributed by atoms with Gasteiger partial charge >= 0.3 is 0 Å². The minimum absolute atomic E-state index is 0.133. The van der Waals surface area contributed by atoms with E-state index in [1.165, 1.54) is 39.1 Å². The number of nitrogens with one attached hydrogen (secondary N) is 1. The molecule has 1 amide bonds. The van der Waals surface area contributed by atoms with E-state index in [1.807, 2.05) is 0 Å². The van der Waals surface area contributed by atoms with E-state index < -0.39 is 10.0 Å². The summed E-state index contributed by atoms with van der Waals surface area (Å²) >= 11 is 2.59. The van der Waals surface area contributed by atoms with Gasteiger partial charge in [0.25, 0.3) is 10.0 Å². The van der Waals surface area contributed by atoms with Crippen LogP contribution in [0.1, 0.15) is 23.3 Å². The molecule has 1 aromatic carbocycles. The highest BCUT2D eigenvalue weighted by atomic mass is 32.2. The Labute approximate surface area is 182 Å². The fourth-order valence-electron chi connectivity index (χ4n) is 3.35. The Bertz CT molecular complexity index is 1100. The van der Waals surface area contributed by atoms with Gasteiger partial charge in [-0.05, 0) is 42.0 Å². The van der Waals surface area contributed by atoms with Crippen molar-refractivity contribution >= 4 is 43.7 Å². The molecule has 1 fully saturated rings. The van der Waals surface area contributed by atoms with Gasteiger partial charge in [0.2, 0.25) is 5.91 Å². The molecule has 0 saturated carbocycles. The molecular weight excluding hydrogens is 445 g/mol. The van der Waals surface area contributed by atoms with Crippen molar-refractivity contribution in [3.63, 3.8) is 0 Å². The second kappa shape index (κ2) is 8.93. The van der Waals surface area contributed by atoms with E-state index >= 15 is 0 Å². The molecule has 0 spiro atoms. The van der Waals surface area contributed by atoms with Crippen molar-refractivity contribution in [3.8, 4) is 0 Å². The summed E-state index contributed by atoms with van der Waals surface area (Å²) in [4.78, 5) is 17.8. The summed E-state index contributed by atoms with van der Waals surface area (Å²) < 4.78 is 40.0. The molecule has 4 rings (SSSR count). The van der Waals surface area contributed by atoms with Crippen LogP contribution in [0.4, 0.5) is 9.52 Å². The smallest absolute Gasteiger partial charge is 0.252 e. The molecule has 1 aliphatic rings. The highest BCUT2D eigenvalue weighted by Crippen LogP contribution is 2.28. The SMILES string of the molecule is O=C(Nc1ncc(Cc2ccc(F)cc2)s1)C1CCN(S(=O)(=O)c2cccs2)CC1. The van der Waals surface area contributed by atoms with Crippen molar-refractivity contribution in [3.05, 3.63) is 64.2 Å². The number of halogens is 1. The van der Waals surface area contributed by atoms with Gasteiger partial charge in [0.15, 0.2) is 5.13 Å². The lowest BCUT2D eigenvalue weighted by Gasteiger charge is -2.29. The summed E-state index contributed by atoms with van der Waals surface area (Å²) in [7, 11) is -3.47. The maximum Gasteiger partial charge on any atom is 0.252 e. The number of rotatable bonds is 6. The highest BCUT2D eigenvalue weighted by molar-refractivity contribution is 7.91. The molecule has 0 unspecified atom stereocenters. The predicted molar refractivity (Wildman–Crippen MR) is 116 cm³/mol. The first-order chi connectivity index (χ1) is 14.4. The number of carbonyl (C=O) groups excluding carboxylic acids is 1. The van der Waals surface area contributed by atoms with Crippen LogP contribution in [0.2, 0.25) is 0 Å². The number of hydrogen-bond acceptors (Lipinski definition) is 6. The average Bonchev–Trinajstić information content (AvgIpc) is 3.43. The van der Waals surface area contributed by atoms with Gasteiger partial charge in [0.1, 0.15) is 10.0 Å². The lowest BCUT2D eigenvalue weighted by atomic mass is 9.97. The van der Waals surface area contributed by atoms with Crippen molar-refractivity contribution in [2.45, 2.75) is 23.5 Å². The van der Waals surface area contributed by atoms with Crippen LogP contribution < -0.4 is 5.32 Å². The summed E-state index contributed by atoms with van der Waals surface area (Å²) in [6.45, 7) is 0.651. The molecule has 6 nitrogen and oxygen atoms in total. The second-order valence-corrected chi connectivity index (χ2v) is 11.3. The molecule has 1 aliphatic heterocycles. The van der Waals surface area contributed by atoms with Gasteiger partial charge in [-0.15, -0.1) is 22.7 Å². The van der Waals surface area contributed by atoms with Gasteiger partial charge in [-0.3, -0.25) is 4.79 Å². The summed E-state index contributed by atoms with van der Waals surface area (Å²) in [6.07, 6.45) is 3.28. The van der Waals surface area contributed by atoms with Gasteiger partial charge in [0, 0.05) is 36.5 Å². The van der Waals surface area contributed by atoms with Crippen LogP contribution >= 0.6 is 22.7 Å². The lowest BCUT2D eigenvalue weighted by Crippen LogP contribution is -2.41. The van der Waals surface area contributed by atoms with E-state index in [-0.39, 0.29) is 17.6 Å². The highest BCUT2D eigenvalue weighted by Gasteiger charge is 2.32. The Morgan fingerprint density at radius 3 is 2.60 bits per heavy atom. The monoisotopic (exact) mass is 465 g/mol. The van der Waals surface area contributed by atoms with Crippen LogP contribution in [-0.4, -0.2) is 36.7 Å². The number of amides is 1. The number of aromatic nitrogens is 1. The topological polar surface area (TPSA) is 79.4 Å². The Morgan fingerprint density at radius 2 is 1.93 bits per heavy atom. The van der Waals surface area contributed by atoms with E-state index in [4.69, 9.17) is 0 Å². The Morgan fingerprint density at radius 1 is 1.20 bits per heavy atom. The van der Waals surface area contributed by atoms with Crippen LogP contribution in [0.25, 0.3) is 0 Å².